The minimum atomic E-state index is -0.313. The Morgan fingerprint density at radius 1 is 1.16 bits per heavy atom. The molecule has 3 aromatic rings. The summed E-state index contributed by atoms with van der Waals surface area (Å²) < 4.78 is 6.92. The Hall–Kier alpha value is -3.15. The number of aromatic nitrogens is 2. The van der Waals surface area contributed by atoms with Gasteiger partial charge in [-0.3, -0.25) is 14.2 Å². The van der Waals surface area contributed by atoms with E-state index in [1.165, 1.54) is 10.9 Å². The molecule has 0 saturated carbocycles. The fraction of sp³-hybridized carbons (Fsp3) is 0.211. The molecule has 25 heavy (non-hydrogen) atoms. The van der Waals surface area contributed by atoms with Crippen molar-refractivity contribution < 1.29 is 9.53 Å². The maximum absolute atomic E-state index is 12.4. The molecule has 0 saturated heterocycles. The minimum Gasteiger partial charge on any atom is -0.491 e. The summed E-state index contributed by atoms with van der Waals surface area (Å²) in [5.74, 6) is 0.299. The molecule has 3 rings (SSSR count). The molecule has 0 aliphatic rings. The van der Waals surface area contributed by atoms with E-state index in [0.717, 1.165) is 6.42 Å². The molecule has 2 aromatic carbocycles. The van der Waals surface area contributed by atoms with Crippen LogP contribution in [0.3, 0.4) is 0 Å². The lowest BCUT2D eigenvalue weighted by Gasteiger charge is -2.12. The first-order valence-corrected chi connectivity index (χ1v) is 8.15. The first-order chi connectivity index (χ1) is 12.2. The molecule has 1 heterocycles. The number of anilines is 1. The number of ether oxygens (including phenoxy) is 1. The monoisotopic (exact) mass is 337 g/mol. The molecule has 0 aliphatic carbocycles. The summed E-state index contributed by atoms with van der Waals surface area (Å²) in [4.78, 5) is 29.0. The minimum absolute atomic E-state index is 0.112. The zero-order chi connectivity index (χ0) is 17.6. The number of hydrogen-bond acceptors (Lipinski definition) is 4. The number of nitrogens with one attached hydrogen (secondary N) is 1. The maximum Gasteiger partial charge on any atom is 0.261 e. The van der Waals surface area contributed by atoms with E-state index in [1.54, 1.807) is 30.3 Å². The molecule has 128 valence electrons. The zero-order valence-corrected chi connectivity index (χ0v) is 13.9. The van der Waals surface area contributed by atoms with Crippen molar-refractivity contribution in [2.45, 2.75) is 19.9 Å². The first-order valence-electron chi connectivity index (χ1n) is 8.15. The molecule has 1 N–H and O–H groups in total. The van der Waals surface area contributed by atoms with Gasteiger partial charge in [0, 0.05) is 0 Å². The van der Waals surface area contributed by atoms with Crippen LogP contribution in [0.25, 0.3) is 10.9 Å². The van der Waals surface area contributed by atoms with Crippen LogP contribution in [0, 0.1) is 0 Å². The number of fused-ring (bicyclic) bond motifs is 1. The van der Waals surface area contributed by atoms with E-state index in [2.05, 4.69) is 10.3 Å². The Morgan fingerprint density at radius 3 is 2.76 bits per heavy atom. The number of carbonyl (C=O) groups is 1. The molecule has 0 bridgehead atoms. The SMILES string of the molecule is CCCOc1ccccc1NC(=O)Cn1cnc2ccccc2c1=O. The van der Waals surface area contributed by atoms with Gasteiger partial charge in [0.2, 0.25) is 5.91 Å². The normalized spacial score (nSPS) is 10.6. The molecule has 0 unspecified atom stereocenters. The Morgan fingerprint density at radius 2 is 1.92 bits per heavy atom. The van der Waals surface area contributed by atoms with Crippen LogP contribution in [0.1, 0.15) is 13.3 Å². The van der Waals surface area contributed by atoms with Crippen molar-refractivity contribution in [3.63, 3.8) is 0 Å². The number of hydrogen-bond donors (Lipinski definition) is 1. The van der Waals surface area contributed by atoms with Crippen molar-refractivity contribution in [2.24, 2.45) is 0 Å². The average Bonchev–Trinajstić information content (AvgIpc) is 2.63. The molecule has 1 aromatic heterocycles. The second kappa shape index (κ2) is 7.61. The lowest BCUT2D eigenvalue weighted by Crippen LogP contribution is -2.28. The zero-order valence-electron chi connectivity index (χ0n) is 13.9. The highest BCUT2D eigenvalue weighted by molar-refractivity contribution is 5.92. The van der Waals surface area contributed by atoms with Crippen molar-refractivity contribution in [3.05, 3.63) is 65.2 Å². The fourth-order valence-corrected chi connectivity index (χ4v) is 2.47. The van der Waals surface area contributed by atoms with Crippen LogP contribution in [0.15, 0.2) is 59.7 Å². The summed E-state index contributed by atoms with van der Waals surface area (Å²) in [5.41, 5.74) is 0.960. The van der Waals surface area contributed by atoms with E-state index >= 15 is 0 Å². The predicted molar refractivity (Wildman–Crippen MR) is 96.9 cm³/mol. The Bertz CT molecular complexity index is 950. The van der Waals surface area contributed by atoms with Crippen molar-refractivity contribution in [1.29, 1.82) is 0 Å². The Labute approximate surface area is 145 Å². The third-order valence-corrected chi connectivity index (χ3v) is 3.67. The summed E-state index contributed by atoms with van der Waals surface area (Å²) in [5, 5.41) is 3.28. The summed E-state index contributed by atoms with van der Waals surface area (Å²) in [7, 11) is 0. The van der Waals surface area contributed by atoms with Crippen molar-refractivity contribution in [2.75, 3.05) is 11.9 Å². The summed E-state index contributed by atoms with van der Waals surface area (Å²) in [6.07, 6.45) is 2.27. The van der Waals surface area contributed by atoms with Gasteiger partial charge >= 0.3 is 0 Å². The smallest absolute Gasteiger partial charge is 0.261 e. The summed E-state index contributed by atoms with van der Waals surface area (Å²) in [6, 6.07) is 14.3. The molecule has 0 spiro atoms. The van der Waals surface area contributed by atoms with Gasteiger partial charge in [0.05, 0.1) is 29.5 Å². The summed E-state index contributed by atoms with van der Waals surface area (Å²) >= 11 is 0. The third-order valence-electron chi connectivity index (χ3n) is 3.67. The molecule has 6 nitrogen and oxygen atoms in total. The van der Waals surface area contributed by atoms with E-state index in [9.17, 15) is 9.59 Å². The second-order valence-electron chi connectivity index (χ2n) is 5.59. The highest BCUT2D eigenvalue weighted by Gasteiger charge is 2.10. The van der Waals surface area contributed by atoms with Gasteiger partial charge in [-0.25, -0.2) is 4.98 Å². The summed E-state index contributed by atoms with van der Waals surface area (Å²) in [6.45, 7) is 2.47. The van der Waals surface area contributed by atoms with Crippen molar-refractivity contribution in [1.82, 2.24) is 9.55 Å². The number of nitrogens with zero attached hydrogens (tertiary/aromatic N) is 2. The number of carbonyl (C=O) groups excluding carboxylic acids is 1. The van der Waals surface area contributed by atoms with Crippen LogP contribution >= 0.6 is 0 Å². The molecule has 0 atom stereocenters. The third kappa shape index (κ3) is 3.85. The topological polar surface area (TPSA) is 73.2 Å². The van der Waals surface area contributed by atoms with Crippen LogP contribution in [0.2, 0.25) is 0 Å². The van der Waals surface area contributed by atoms with Crippen LogP contribution in [-0.2, 0) is 11.3 Å². The number of benzene rings is 2. The van der Waals surface area contributed by atoms with Gasteiger partial charge in [-0.2, -0.15) is 0 Å². The van der Waals surface area contributed by atoms with Gasteiger partial charge in [-0.15, -0.1) is 0 Å². The Kier molecular flexibility index (Phi) is 5.09. The van der Waals surface area contributed by atoms with E-state index in [4.69, 9.17) is 4.74 Å². The molecular weight excluding hydrogens is 318 g/mol. The highest BCUT2D eigenvalue weighted by Crippen LogP contribution is 2.23. The van der Waals surface area contributed by atoms with Gasteiger partial charge < -0.3 is 10.1 Å². The van der Waals surface area contributed by atoms with Gasteiger partial charge in [-0.1, -0.05) is 31.2 Å². The van der Waals surface area contributed by atoms with Crippen LogP contribution in [0.4, 0.5) is 5.69 Å². The lowest BCUT2D eigenvalue weighted by atomic mass is 10.2. The first kappa shape index (κ1) is 16.7. The maximum atomic E-state index is 12.4. The van der Waals surface area contributed by atoms with E-state index in [1.807, 2.05) is 25.1 Å². The Balaban J connectivity index is 1.78. The molecule has 1 amide bonds. The predicted octanol–water partition coefficient (Wildman–Crippen LogP) is 2.82. The second-order valence-corrected chi connectivity index (χ2v) is 5.59. The van der Waals surface area contributed by atoms with Gasteiger partial charge in [0.1, 0.15) is 12.3 Å². The van der Waals surface area contributed by atoms with Crippen LogP contribution in [0.5, 0.6) is 5.75 Å². The fourth-order valence-electron chi connectivity index (χ4n) is 2.47. The van der Waals surface area contributed by atoms with Crippen LogP contribution in [-0.4, -0.2) is 22.1 Å². The van der Waals surface area contributed by atoms with Crippen molar-refractivity contribution in [3.8, 4) is 5.75 Å². The van der Waals surface area contributed by atoms with E-state index < -0.39 is 0 Å². The average molecular weight is 337 g/mol. The number of amides is 1. The van der Waals surface area contributed by atoms with E-state index in [0.29, 0.717) is 28.9 Å². The molecule has 6 heteroatoms. The molecular formula is C19H19N3O3. The lowest BCUT2D eigenvalue weighted by molar-refractivity contribution is -0.116. The van der Waals surface area contributed by atoms with Gasteiger partial charge in [-0.05, 0) is 30.7 Å². The van der Waals surface area contributed by atoms with Gasteiger partial charge in [0.25, 0.3) is 5.56 Å². The largest absolute Gasteiger partial charge is 0.491 e. The molecule has 0 fully saturated rings. The van der Waals surface area contributed by atoms with E-state index in [-0.39, 0.29) is 18.0 Å². The molecule has 0 radical (unpaired) electrons. The van der Waals surface area contributed by atoms with Crippen LogP contribution < -0.4 is 15.6 Å². The van der Waals surface area contributed by atoms with Gasteiger partial charge in [0.15, 0.2) is 0 Å². The quantitative estimate of drug-likeness (QED) is 0.751. The number of para-hydroxylation sites is 3. The standard InChI is InChI=1S/C19H19N3O3/c1-2-11-25-17-10-6-5-9-16(17)21-18(23)12-22-13-20-15-8-4-3-7-14(15)19(22)24/h3-10,13H,2,11-12H2,1H3,(H,21,23). The van der Waals surface area contributed by atoms with Crippen molar-refractivity contribution >= 4 is 22.5 Å². The highest BCUT2D eigenvalue weighted by atomic mass is 16.5. The number of rotatable bonds is 6. The molecule has 0 aliphatic heterocycles.